The van der Waals surface area contributed by atoms with Crippen molar-refractivity contribution in [1.29, 1.82) is 5.41 Å². The Bertz CT molecular complexity index is 172. The van der Waals surface area contributed by atoms with E-state index in [4.69, 9.17) is 5.41 Å². The molecule has 0 spiro atoms. The molecule has 1 aliphatic rings. The summed E-state index contributed by atoms with van der Waals surface area (Å²) in [7, 11) is 0. The van der Waals surface area contributed by atoms with Crippen LogP contribution in [0.5, 0.6) is 0 Å². The number of rotatable bonds is 2. The Kier molecular flexibility index (Phi) is 2.10. The fourth-order valence-electron chi connectivity index (χ4n) is 0.810. The molecule has 0 bridgehead atoms. The molecule has 54 valence electrons. The van der Waals surface area contributed by atoms with E-state index in [1.165, 1.54) is 0 Å². The molecule has 0 saturated heterocycles. The standard InChI is InChI=1S/C7H11N3/c1-2-5-10-6-9-4-3-7(10)8/h2-4,8-9H,1,5-6H2. The molecule has 0 aromatic heterocycles. The minimum absolute atomic E-state index is 0.540. The SMILES string of the molecule is C=CCN1CNC=CC1=N. The molecule has 0 unspecified atom stereocenters. The van der Waals surface area contributed by atoms with E-state index in [0.717, 1.165) is 6.54 Å². The van der Waals surface area contributed by atoms with Gasteiger partial charge in [-0.3, -0.25) is 5.41 Å². The predicted molar refractivity (Wildman–Crippen MR) is 41.8 cm³/mol. The van der Waals surface area contributed by atoms with Crippen LogP contribution in [-0.4, -0.2) is 23.9 Å². The molecule has 2 N–H and O–H groups in total. The van der Waals surface area contributed by atoms with Crippen LogP contribution in [0.15, 0.2) is 24.9 Å². The van der Waals surface area contributed by atoms with Crippen LogP contribution < -0.4 is 5.32 Å². The lowest BCUT2D eigenvalue weighted by Gasteiger charge is -2.24. The number of nitrogens with one attached hydrogen (secondary N) is 2. The summed E-state index contributed by atoms with van der Waals surface area (Å²) in [6.45, 7) is 5.04. The first-order valence-electron chi connectivity index (χ1n) is 3.19. The smallest absolute Gasteiger partial charge is 0.123 e. The second kappa shape index (κ2) is 3.06. The molecule has 0 radical (unpaired) electrons. The molecular formula is C7H11N3. The molecule has 0 saturated carbocycles. The topological polar surface area (TPSA) is 39.1 Å². The molecular weight excluding hydrogens is 126 g/mol. The maximum absolute atomic E-state index is 7.40. The summed E-state index contributed by atoms with van der Waals surface area (Å²) in [4.78, 5) is 1.88. The first-order valence-corrected chi connectivity index (χ1v) is 3.19. The number of hydrogen-bond donors (Lipinski definition) is 2. The van der Waals surface area contributed by atoms with Crippen molar-refractivity contribution >= 4 is 5.84 Å². The average molecular weight is 137 g/mol. The van der Waals surface area contributed by atoms with Crippen molar-refractivity contribution in [2.45, 2.75) is 0 Å². The molecule has 3 heteroatoms. The maximum Gasteiger partial charge on any atom is 0.123 e. The number of amidine groups is 1. The van der Waals surface area contributed by atoms with Crippen LogP contribution in [0.4, 0.5) is 0 Å². The van der Waals surface area contributed by atoms with E-state index in [1.54, 1.807) is 18.4 Å². The Balaban J connectivity index is 2.52. The molecule has 1 heterocycles. The Morgan fingerprint density at radius 3 is 3.30 bits per heavy atom. The Morgan fingerprint density at radius 2 is 2.70 bits per heavy atom. The van der Waals surface area contributed by atoms with Crippen molar-refractivity contribution in [1.82, 2.24) is 10.2 Å². The minimum Gasteiger partial charge on any atom is -0.374 e. The van der Waals surface area contributed by atoms with Crippen molar-refractivity contribution in [3.8, 4) is 0 Å². The van der Waals surface area contributed by atoms with Crippen LogP contribution in [0.25, 0.3) is 0 Å². The van der Waals surface area contributed by atoms with Crippen LogP contribution in [0.2, 0.25) is 0 Å². The third-order valence-electron chi connectivity index (χ3n) is 1.33. The Hall–Kier alpha value is -1.25. The van der Waals surface area contributed by atoms with Gasteiger partial charge in [-0.2, -0.15) is 0 Å². The first kappa shape index (κ1) is 6.86. The van der Waals surface area contributed by atoms with Crippen LogP contribution in [0.1, 0.15) is 0 Å². The van der Waals surface area contributed by atoms with E-state index >= 15 is 0 Å². The van der Waals surface area contributed by atoms with Gasteiger partial charge in [0.05, 0.1) is 6.67 Å². The van der Waals surface area contributed by atoms with E-state index in [9.17, 15) is 0 Å². The van der Waals surface area contributed by atoms with Crippen molar-refractivity contribution < 1.29 is 0 Å². The highest BCUT2D eigenvalue weighted by atomic mass is 15.3. The molecule has 0 amide bonds. The summed E-state index contributed by atoms with van der Waals surface area (Å²) in [5.74, 6) is 0.540. The molecule has 0 atom stereocenters. The van der Waals surface area contributed by atoms with Crippen LogP contribution in [0.3, 0.4) is 0 Å². The number of nitrogens with zero attached hydrogens (tertiary/aromatic N) is 1. The average Bonchev–Trinajstić information content (AvgIpc) is 1.94. The van der Waals surface area contributed by atoms with Gasteiger partial charge in [0.2, 0.25) is 0 Å². The normalized spacial score (nSPS) is 16.8. The summed E-state index contributed by atoms with van der Waals surface area (Å²) in [5, 5.41) is 10.4. The summed E-state index contributed by atoms with van der Waals surface area (Å²) in [5.41, 5.74) is 0. The van der Waals surface area contributed by atoms with Crippen molar-refractivity contribution in [3.05, 3.63) is 24.9 Å². The zero-order chi connectivity index (χ0) is 7.40. The third kappa shape index (κ3) is 1.37. The van der Waals surface area contributed by atoms with Crippen molar-refractivity contribution in [2.75, 3.05) is 13.2 Å². The molecule has 0 fully saturated rings. The third-order valence-corrected chi connectivity index (χ3v) is 1.33. The fraction of sp³-hybridized carbons (Fsp3) is 0.286. The molecule has 1 rings (SSSR count). The van der Waals surface area contributed by atoms with E-state index in [1.807, 2.05) is 4.90 Å². The van der Waals surface area contributed by atoms with Gasteiger partial charge in [-0.15, -0.1) is 6.58 Å². The van der Waals surface area contributed by atoms with E-state index in [2.05, 4.69) is 11.9 Å². The second-order valence-corrected chi connectivity index (χ2v) is 2.09. The minimum atomic E-state index is 0.540. The fourth-order valence-corrected chi connectivity index (χ4v) is 0.810. The van der Waals surface area contributed by atoms with Gasteiger partial charge in [-0.1, -0.05) is 6.08 Å². The second-order valence-electron chi connectivity index (χ2n) is 2.09. The largest absolute Gasteiger partial charge is 0.374 e. The molecule has 0 aliphatic carbocycles. The van der Waals surface area contributed by atoms with Gasteiger partial charge in [0.1, 0.15) is 5.84 Å². The predicted octanol–water partition coefficient (Wildman–Crippen LogP) is 0.526. The first-order chi connectivity index (χ1) is 4.84. The highest BCUT2D eigenvalue weighted by Gasteiger charge is 2.06. The van der Waals surface area contributed by atoms with Crippen LogP contribution >= 0.6 is 0 Å². The lowest BCUT2D eigenvalue weighted by Crippen LogP contribution is -2.39. The number of hydrogen-bond acceptors (Lipinski definition) is 2. The lowest BCUT2D eigenvalue weighted by atomic mass is 10.4. The Labute approximate surface area is 60.5 Å². The molecule has 1 aliphatic heterocycles. The monoisotopic (exact) mass is 137 g/mol. The van der Waals surface area contributed by atoms with Gasteiger partial charge in [0.25, 0.3) is 0 Å². The van der Waals surface area contributed by atoms with Crippen LogP contribution in [-0.2, 0) is 0 Å². The summed E-state index contributed by atoms with van der Waals surface area (Å²) in [6, 6.07) is 0. The highest BCUT2D eigenvalue weighted by molar-refractivity contribution is 5.90. The summed E-state index contributed by atoms with van der Waals surface area (Å²) in [6.07, 6.45) is 5.30. The molecule has 0 aromatic rings. The van der Waals surface area contributed by atoms with Crippen molar-refractivity contribution in [2.24, 2.45) is 0 Å². The van der Waals surface area contributed by atoms with E-state index in [0.29, 0.717) is 12.5 Å². The van der Waals surface area contributed by atoms with Gasteiger partial charge < -0.3 is 10.2 Å². The van der Waals surface area contributed by atoms with Gasteiger partial charge in [0, 0.05) is 12.7 Å². The van der Waals surface area contributed by atoms with Crippen molar-refractivity contribution in [3.63, 3.8) is 0 Å². The van der Waals surface area contributed by atoms with Gasteiger partial charge in [0.15, 0.2) is 0 Å². The molecule has 10 heavy (non-hydrogen) atoms. The van der Waals surface area contributed by atoms with Gasteiger partial charge >= 0.3 is 0 Å². The van der Waals surface area contributed by atoms with E-state index in [-0.39, 0.29) is 0 Å². The van der Waals surface area contributed by atoms with Gasteiger partial charge in [-0.25, -0.2) is 0 Å². The summed E-state index contributed by atoms with van der Waals surface area (Å²) < 4.78 is 0. The maximum atomic E-state index is 7.40. The Morgan fingerprint density at radius 1 is 1.90 bits per heavy atom. The highest BCUT2D eigenvalue weighted by Crippen LogP contribution is 1.94. The molecule has 0 aromatic carbocycles. The summed E-state index contributed by atoms with van der Waals surface area (Å²) >= 11 is 0. The quantitative estimate of drug-likeness (QED) is 0.545. The van der Waals surface area contributed by atoms with Crippen LogP contribution in [0, 0.1) is 5.41 Å². The van der Waals surface area contributed by atoms with Gasteiger partial charge in [-0.05, 0) is 6.08 Å². The lowest BCUT2D eigenvalue weighted by molar-refractivity contribution is 0.433. The molecule has 3 nitrogen and oxygen atoms in total. The zero-order valence-electron chi connectivity index (χ0n) is 5.80. The zero-order valence-corrected chi connectivity index (χ0v) is 5.80. The van der Waals surface area contributed by atoms with E-state index < -0.39 is 0 Å².